The molecule has 1 N–H and O–H groups in total. The van der Waals surface area contributed by atoms with E-state index in [-0.39, 0.29) is 11.9 Å². The van der Waals surface area contributed by atoms with Gasteiger partial charge in [-0.3, -0.25) is 9.59 Å². The zero-order valence-corrected chi connectivity index (χ0v) is 17.6. The molecule has 1 aliphatic heterocycles. The number of hydrogen-bond donors (Lipinski definition) is 1. The summed E-state index contributed by atoms with van der Waals surface area (Å²) in [4.78, 5) is 24.2. The minimum absolute atomic E-state index is 0.335. The Morgan fingerprint density at radius 1 is 1.22 bits per heavy atom. The molecule has 27 heavy (non-hydrogen) atoms. The standard InChI is InChI=1S/C19H27NO5S2/c1-13(25-18(21)7-5-4-6-15-10-11-26-27-15)19(22)20-14-8-9-16(23-2)17(12-14)24-3/h8-9,12-13,15H,4-7,10-11H2,1-3H3,(H,20,22)/t13-,15-/m1/s1. The number of nitrogens with one attached hydrogen (secondary N) is 1. The summed E-state index contributed by atoms with van der Waals surface area (Å²) in [7, 11) is 6.95. The monoisotopic (exact) mass is 413 g/mol. The molecule has 0 bridgehead atoms. The molecule has 1 fully saturated rings. The highest BCUT2D eigenvalue weighted by Gasteiger charge is 2.19. The van der Waals surface area contributed by atoms with E-state index in [0.717, 1.165) is 24.5 Å². The minimum atomic E-state index is -0.854. The maximum atomic E-state index is 12.2. The van der Waals surface area contributed by atoms with Crippen molar-refractivity contribution in [3.8, 4) is 11.5 Å². The van der Waals surface area contributed by atoms with E-state index in [0.29, 0.717) is 23.6 Å². The molecule has 1 aliphatic rings. The Balaban J connectivity index is 1.71. The molecule has 1 aromatic rings. The first kappa shape index (κ1) is 21.8. The fourth-order valence-electron chi connectivity index (χ4n) is 2.67. The summed E-state index contributed by atoms with van der Waals surface area (Å²) < 4.78 is 15.6. The zero-order chi connectivity index (χ0) is 19.6. The van der Waals surface area contributed by atoms with Crippen LogP contribution in [0, 0.1) is 0 Å². The van der Waals surface area contributed by atoms with Gasteiger partial charge in [0, 0.05) is 29.2 Å². The topological polar surface area (TPSA) is 73.9 Å². The van der Waals surface area contributed by atoms with Crippen LogP contribution in [0.4, 0.5) is 5.69 Å². The maximum absolute atomic E-state index is 12.2. The lowest BCUT2D eigenvalue weighted by atomic mass is 10.1. The second kappa shape index (κ2) is 11.3. The van der Waals surface area contributed by atoms with Gasteiger partial charge in [-0.2, -0.15) is 0 Å². The van der Waals surface area contributed by atoms with Crippen LogP contribution in [0.3, 0.4) is 0 Å². The number of carbonyl (C=O) groups excluding carboxylic acids is 2. The first-order valence-corrected chi connectivity index (χ1v) is 11.4. The summed E-state index contributed by atoms with van der Waals surface area (Å²) in [5.74, 6) is 1.60. The maximum Gasteiger partial charge on any atom is 0.306 e. The summed E-state index contributed by atoms with van der Waals surface area (Å²) in [6.45, 7) is 1.57. The zero-order valence-electron chi connectivity index (χ0n) is 16.0. The van der Waals surface area contributed by atoms with E-state index in [2.05, 4.69) is 5.32 Å². The molecule has 8 heteroatoms. The molecular formula is C19H27NO5S2. The van der Waals surface area contributed by atoms with Crippen LogP contribution in [0.15, 0.2) is 18.2 Å². The van der Waals surface area contributed by atoms with E-state index < -0.39 is 6.10 Å². The second-order valence-corrected chi connectivity index (χ2v) is 9.05. The Hall–Kier alpha value is -1.54. The van der Waals surface area contributed by atoms with E-state index in [4.69, 9.17) is 14.2 Å². The third-order valence-corrected chi connectivity index (χ3v) is 7.22. The summed E-state index contributed by atoms with van der Waals surface area (Å²) in [5, 5.41) is 3.44. The summed E-state index contributed by atoms with van der Waals surface area (Å²) in [6.07, 6.45) is 3.70. The van der Waals surface area contributed by atoms with Crippen LogP contribution >= 0.6 is 21.6 Å². The van der Waals surface area contributed by atoms with E-state index in [1.807, 2.05) is 21.6 Å². The molecule has 2 atom stereocenters. The number of hydrogen-bond acceptors (Lipinski definition) is 7. The van der Waals surface area contributed by atoms with E-state index in [1.54, 1.807) is 32.2 Å². The summed E-state index contributed by atoms with van der Waals surface area (Å²) >= 11 is 0. The predicted molar refractivity (Wildman–Crippen MR) is 111 cm³/mol. The highest BCUT2D eigenvalue weighted by Crippen LogP contribution is 2.39. The third-order valence-electron chi connectivity index (χ3n) is 4.21. The lowest BCUT2D eigenvalue weighted by Crippen LogP contribution is -2.29. The number of anilines is 1. The fraction of sp³-hybridized carbons (Fsp3) is 0.579. The third kappa shape index (κ3) is 7.18. The molecular weight excluding hydrogens is 386 g/mol. The van der Waals surface area contributed by atoms with Crippen molar-refractivity contribution in [3.05, 3.63) is 18.2 Å². The van der Waals surface area contributed by atoms with Crippen LogP contribution in [-0.4, -0.2) is 43.2 Å². The number of amides is 1. The van der Waals surface area contributed by atoms with Crippen LogP contribution in [-0.2, 0) is 14.3 Å². The predicted octanol–water partition coefficient (Wildman–Crippen LogP) is 4.29. The van der Waals surface area contributed by atoms with Crippen molar-refractivity contribution in [2.45, 2.75) is 50.4 Å². The largest absolute Gasteiger partial charge is 0.493 e. The van der Waals surface area contributed by atoms with Gasteiger partial charge < -0.3 is 19.5 Å². The number of ether oxygens (including phenoxy) is 3. The van der Waals surface area contributed by atoms with Gasteiger partial charge in [0.2, 0.25) is 0 Å². The van der Waals surface area contributed by atoms with Crippen LogP contribution in [0.1, 0.15) is 39.0 Å². The van der Waals surface area contributed by atoms with Gasteiger partial charge in [0.15, 0.2) is 17.6 Å². The van der Waals surface area contributed by atoms with Gasteiger partial charge in [-0.05, 0) is 38.3 Å². The van der Waals surface area contributed by atoms with Crippen molar-refractivity contribution in [1.29, 1.82) is 0 Å². The number of carbonyl (C=O) groups is 2. The minimum Gasteiger partial charge on any atom is -0.493 e. The van der Waals surface area contributed by atoms with Crippen molar-refractivity contribution >= 4 is 39.2 Å². The summed E-state index contributed by atoms with van der Waals surface area (Å²) in [6, 6.07) is 5.06. The van der Waals surface area contributed by atoms with Gasteiger partial charge in [0.05, 0.1) is 14.2 Å². The quantitative estimate of drug-likeness (QED) is 0.348. The Morgan fingerprint density at radius 3 is 2.67 bits per heavy atom. The molecule has 0 spiro atoms. The van der Waals surface area contributed by atoms with E-state index in [9.17, 15) is 9.59 Å². The average Bonchev–Trinajstić information content (AvgIpc) is 3.18. The Bertz CT molecular complexity index is 635. The Morgan fingerprint density at radius 2 is 2.00 bits per heavy atom. The summed E-state index contributed by atoms with van der Waals surface area (Å²) in [5.41, 5.74) is 0.549. The molecule has 0 saturated carbocycles. The highest BCUT2D eigenvalue weighted by atomic mass is 33.1. The Kier molecular flexibility index (Phi) is 9.14. The number of benzene rings is 1. The first-order chi connectivity index (χ1) is 13.0. The van der Waals surface area contributed by atoms with Crippen molar-refractivity contribution in [2.24, 2.45) is 0 Å². The van der Waals surface area contributed by atoms with Crippen molar-refractivity contribution < 1.29 is 23.8 Å². The molecule has 0 unspecified atom stereocenters. The van der Waals surface area contributed by atoms with Gasteiger partial charge >= 0.3 is 5.97 Å². The molecule has 0 radical (unpaired) electrons. The molecule has 150 valence electrons. The molecule has 1 amide bonds. The normalized spacial score (nSPS) is 17.2. The van der Waals surface area contributed by atoms with Crippen LogP contribution in [0.5, 0.6) is 11.5 Å². The van der Waals surface area contributed by atoms with Gasteiger partial charge in [0.25, 0.3) is 5.91 Å². The lowest BCUT2D eigenvalue weighted by Gasteiger charge is -2.15. The van der Waals surface area contributed by atoms with Crippen molar-refractivity contribution in [3.63, 3.8) is 0 Å². The van der Waals surface area contributed by atoms with Crippen LogP contribution < -0.4 is 14.8 Å². The molecule has 6 nitrogen and oxygen atoms in total. The second-order valence-electron chi connectivity index (χ2n) is 6.27. The Labute approximate surface area is 168 Å². The van der Waals surface area contributed by atoms with Gasteiger partial charge in [-0.25, -0.2) is 0 Å². The van der Waals surface area contributed by atoms with Gasteiger partial charge in [-0.1, -0.05) is 28.0 Å². The number of unbranched alkanes of at least 4 members (excludes halogenated alkanes) is 1. The first-order valence-electron chi connectivity index (χ1n) is 9.04. The van der Waals surface area contributed by atoms with Crippen LogP contribution in [0.2, 0.25) is 0 Å². The fourth-order valence-corrected chi connectivity index (χ4v) is 5.70. The molecule has 2 rings (SSSR count). The number of esters is 1. The van der Waals surface area contributed by atoms with E-state index in [1.165, 1.54) is 19.3 Å². The van der Waals surface area contributed by atoms with E-state index >= 15 is 0 Å². The molecule has 0 aliphatic carbocycles. The molecule has 0 aromatic heterocycles. The van der Waals surface area contributed by atoms with Gasteiger partial charge in [0.1, 0.15) is 0 Å². The molecule has 1 heterocycles. The van der Waals surface area contributed by atoms with Crippen molar-refractivity contribution in [1.82, 2.24) is 0 Å². The SMILES string of the molecule is COc1ccc(NC(=O)[C@@H](C)OC(=O)CCCC[C@@H]2CCSS2)cc1OC. The smallest absolute Gasteiger partial charge is 0.306 e. The number of methoxy groups -OCH3 is 2. The molecule has 1 aromatic carbocycles. The molecule has 1 saturated heterocycles. The average molecular weight is 414 g/mol. The van der Waals surface area contributed by atoms with Gasteiger partial charge in [-0.15, -0.1) is 0 Å². The highest BCUT2D eigenvalue weighted by molar-refractivity contribution is 8.77. The van der Waals surface area contributed by atoms with Crippen LogP contribution in [0.25, 0.3) is 0 Å². The number of rotatable bonds is 10. The lowest BCUT2D eigenvalue weighted by molar-refractivity contribution is -0.153. The van der Waals surface area contributed by atoms with Crippen molar-refractivity contribution in [2.75, 3.05) is 25.3 Å².